The van der Waals surface area contributed by atoms with Crippen molar-refractivity contribution in [3.05, 3.63) is 64.7 Å². The maximum atomic E-state index is 13.0. The van der Waals surface area contributed by atoms with Gasteiger partial charge in [0.05, 0.1) is 21.6 Å². The molecule has 150 valence electrons. The summed E-state index contributed by atoms with van der Waals surface area (Å²) < 4.78 is 7.78. The molecule has 0 aliphatic rings. The van der Waals surface area contributed by atoms with E-state index in [0.29, 0.717) is 30.3 Å². The number of hydrogen-bond donors (Lipinski definition) is 2. The van der Waals surface area contributed by atoms with Gasteiger partial charge in [-0.1, -0.05) is 28.1 Å². The molecule has 0 aliphatic heterocycles. The highest BCUT2D eigenvalue weighted by molar-refractivity contribution is 9.11. The molecule has 0 spiro atoms. The highest BCUT2D eigenvalue weighted by Crippen LogP contribution is 2.41. The van der Waals surface area contributed by atoms with Crippen molar-refractivity contribution in [1.82, 2.24) is 0 Å². The van der Waals surface area contributed by atoms with Crippen LogP contribution in [0.2, 0.25) is 0 Å². The Balaban J connectivity index is 2.04. The van der Waals surface area contributed by atoms with Gasteiger partial charge >= 0.3 is 5.97 Å². The third-order valence-electron chi connectivity index (χ3n) is 3.93. The molecule has 10 heteroatoms. The molecule has 1 heterocycles. The quantitative estimate of drug-likeness (QED) is 0.297. The Kier molecular flexibility index (Phi) is 7.21. The molecule has 5 nitrogen and oxygen atoms in total. The number of carboxylic acids is 1. The molecule has 0 bridgehead atoms. The molecule has 0 saturated carbocycles. The summed E-state index contributed by atoms with van der Waals surface area (Å²) in [5, 5.41) is 14.5. The zero-order chi connectivity index (χ0) is 21.3. The van der Waals surface area contributed by atoms with E-state index in [1.165, 1.54) is 7.11 Å². The highest BCUT2D eigenvalue weighted by atomic mass is 79.9. The van der Waals surface area contributed by atoms with Crippen molar-refractivity contribution >= 4 is 91.9 Å². The van der Waals surface area contributed by atoms with Crippen LogP contribution >= 0.6 is 75.1 Å². The molecule has 0 fully saturated rings. The van der Waals surface area contributed by atoms with Crippen LogP contribution in [-0.2, 0) is 0 Å². The summed E-state index contributed by atoms with van der Waals surface area (Å²) in [7, 11) is 1.49. The lowest BCUT2D eigenvalue weighted by molar-refractivity contribution is 0.0699. The summed E-state index contributed by atoms with van der Waals surface area (Å²) >= 11 is 14.7. The average molecular weight is 669 g/mol. The van der Waals surface area contributed by atoms with E-state index in [-0.39, 0.29) is 10.6 Å². The molecule has 0 atom stereocenters. The molecule has 1 amide bonds. The zero-order valence-corrected chi connectivity index (χ0v) is 21.7. The number of methoxy groups -OCH3 is 1. The number of rotatable bonds is 5. The monoisotopic (exact) mass is 665 g/mol. The summed E-state index contributed by atoms with van der Waals surface area (Å²) in [5.41, 5.74) is 1.60. The van der Waals surface area contributed by atoms with Gasteiger partial charge in [-0.2, -0.15) is 0 Å². The number of aromatic carboxylic acids is 1. The maximum Gasteiger partial charge on any atom is 0.339 e. The van der Waals surface area contributed by atoms with E-state index in [1.807, 2.05) is 24.3 Å². The third-order valence-corrected chi connectivity index (χ3v) is 7.29. The summed E-state index contributed by atoms with van der Waals surface area (Å²) in [5.74, 6) is -1.14. The number of carboxylic acid groups (broad SMARTS) is 1. The first-order valence-electron chi connectivity index (χ1n) is 7.88. The van der Waals surface area contributed by atoms with Gasteiger partial charge in [-0.25, -0.2) is 4.79 Å². The minimum atomic E-state index is -1.12. The number of anilines is 1. The minimum Gasteiger partial charge on any atom is -0.494 e. The SMILES string of the molecule is COc1c(Br)cc(Br)c(C(=O)Nc2scc(-c3cccc(Br)c3)c2C(=O)O)c1Br. The number of hydrogen-bond acceptors (Lipinski definition) is 4. The van der Waals surface area contributed by atoms with Crippen LogP contribution in [-0.4, -0.2) is 24.1 Å². The van der Waals surface area contributed by atoms with E-state index in [4.69, 9.17) is 4.74 Å². The van der Waals surface area contributed by atoms with Gasteiger partial charge < -0.3 is 15.2 Å². The second-order valence-electron chi connectivity index (χ2n) is 5.69. The van der Waals surface area contributed by atoms with E-state index in [9.17, 15) is 14.7 Å². The Bertz CT molecular complexity index is 1130. The smallest absolute Gasteiger partial charge is 0.339 e. The van der Waals surface area contributed by atoms with Crippen LogP contribution in [0.5, 0.6) is 5.75 Å². The van der Waals surface area contributed by atoms with Gasteiger partial charge in [-0.05, 0) is 71.6 Å². The predicted molar refractivity (Wildman–Crippen MR) is 128 cm³/mol. The number of halogens is 4. The fourth-order valence-corrected chi connectivity index (χ4v) is 6.82. The van der Waals surface area contributed by atoms with Crippen molar-refractivity contribution < 1.29 is 19.4 Å². The van der Waals surface area contributed by atoms with Gasteiger partial charge in [0.25, 0.3) is 5.91 Å². The van der Waals surface area contributed by atoms with Crippen LogP contribution in [0.25, 0.3) is 11.1 Å². The number of amides is 1. The number of nitrogens with one attached hydrogen (secondary N) is 1. The lowest BCUT2D eigenvalue weighted by atomic mass is 10.0. The van der Waals surface area contributed by atoms with Crippen LogP contribution in [0.15, 0.2) is 53.6 Å². The Morgan fingerprint density at radius 3 is 2.41 bits per heavy atom. The van der Waals surface area contributed by atoms with Crippen LogP contribution in [0, 0.1) is 0 Å². The maximum absolute atomic E-state index is 13.0. The first-order valence-corrected chi connectivity index (χ1v) is 11.9. The second kappa shape index (κ2) is 9.30. The van der Waals surface area contributed by atoms with E-state index >= 15 is 0 Å². The van der Waals surface area contributed by atoms with Gasteiger partial charge in [0.2, 0.25) is 0 Å². The van der Waals surface area contributed by atoms with Gasteiger partial charge in [0.1, 0.15) is 16.3 Å². The largest absolute Gasteiger partial charge is 0.494 e. The molecule has 0 saturated heterocycles. The predicted octanol–water partition coefficient (Wildman–Crippen LogP) is 7.42. The van der Waals surface area contributed by atoms with Gasteiger partial charge in [-0.15, -0.1) is 11.3 Å². The van der Waals surface area contributed by atoms with Crippen LogP contribution in [0.1, 0.15) is 20.7 Å². The molecule has 2 N–H and O–H groups in total. The van der Waals surface area contributed by atoms with E-state index in [0.717, 1.165) is 21.4 Å². The van der Waals surface area contributed by atoms with Crippen LogP contribution in [0.4, 0.5) is 5.00 Å². The fourth-order valence-electron chi connectivity index (χ4n) is 2.66. The van der Waals surface area contributed by atoms with Crippen molar-refractivity contribution in [1.29, 1.82) is 0 Å². The highest BCUT2D eigenvalue weighted by Gasteiger charge is 2.25. The van der Waals surface area contributed by atoms with Gasteiger partial charge in [-0.3, -0.25) is 4.79 Å². The summed E-state index contributed by atoms with van der Waals surface area (Å²) in [6.45, 7) is 0. The van der Waals surface area contributed by atoms with Crippen LogP contribution < -0.4 is 10.1 Å². The van der Waals surface area contributed by atoms with E-state index in [2.05, 4.69) is 69.0 Å². The number of benzene rings is 2. The Morgan fingerprint density at radius 2 is 1.79 bits per heavy atom. The second-order valence-corrected chi connectivity index (χ2v) is 9.98. The molecule has 0 unspecified atom stereocenters. The Morgan fingerprint density at radius 1 is 1.07 bits per heavy atom. The zero-order valence-electron chi connectivity index (χ0n) is 14.6. The molecule has 2 aromatic carbocycles. The number of carbonyl (C=O) groups is 2. The van der Waals surface area contributed by atoms with Crippen molar-refractivity contribution in [2.75, 3.05) is 12.4 Å². The lowest BCUT2D eigenvalue weighted by Gasteiger charge is -2.13. The first-order chi connectivity index (χ1) is 13.7. The van der Waals surface area contributed by atoms with Gasteiger partial charge in [0, 0.05) is 19.9 Å². The standard InChI is InChI=1S/C19H11Br4NO4S/c1-28-16-12(22)6-11(21)14(15(16)23)17(25)24-18-13(19(26)27)10(7-29-18)8-3-2-4-9(20)5-8/h2-7H,1H3,(H,24,25)(H,26,27). The summed E-state index contributed by atoms with van der Waals surface area (Å²) in [6, 6.07) is 9.01. The molecule has 3 rings (SSSR count). The third kappa shape index (κ3) is 4.61. The average Bonchev–Trinajstić information content (AvgIpc) is 3.05. The fraction of sp³-hybridized carbons (Fsp3) is 0.0526. The number of carbonyl (C=O) groups excluding carboxylic acids is 1. The Hall–Kier alpha value is -1.20. The van der Waals surface area contributed by atoms with Gasteiger partial charge in [0.15, 0.2) is 0 Å². The molecular weight excluding hydrogens is 658 g/mol. The van der Waals surface area contributed by atoms with E-state index in [1.54, 1.807) is 11.4 Å². The number of thiophene rings is 1. The molecule has 0 radical (unpaired) electrons. The number of ether oxygens (including phenoxy) is 1. The topological polar surface area (TPSA) is 75.6 Å². The lowest BCUT2D eigenvalue weighted by Crippen LogP contribution is -2.15. The first kappa shape index (κ1) is 22.5. The summed E-state index contributed by atoms with van der Waals surface area (Å²) in [4.78, 5) is 24.9. The van der Waals surface area contributed by atoms with Crippen molar-refractivity contribution in [2.24, 2.45) is 0 Å². The normalized spacial score (nSPS) is 10.7. The molecule has 1 aromatic heterocycles. The van der Waals surface area contributed by atoms with E-state index < -0.39 is 11.9 Å². The van der Waals surface area contributed by atoms with Crippen molar-refractivity contribution in [3.63, 3.8) is 0 Å². The minimum absolute atomic E-state index is 0.0396. The molecule has 3 aromatic rings. The van der Waals surface area contributed by atoms with Crippen molar-refractivity contribution in [2.45, 2.75) is 0 Å². The summed E-state index contributed by atoms with van der Waals surface area (Å²) in [6.07, 6.45) is 0. The van der Waals surface area contributed by atoms with Crippen LogP contribution in [0.3, 0.4) is 0 Å². The molecule has 29 heavy (non-hydrogen) atoms. The molecule has 0 aliphatic carbocycles. The molecular formula is C19H11Br4NO4S. The Labute approximate surface area is 204 Å². The van der Waals surface area contributed by atoms with Crippen molar-refractivity contribution in [3.8, 4) is 16.9 Å².